The number of rotatable bonds is 6. The number of hydroxylamine groups is 2. The molecule has 24 heavy (non-hydrogen) atoms. The molecule has 8 heteroatoms. The SMILES string of the molecule is Cc1ccnc(NNC(=O)C2(CN(O)C=O)CCC(C)(C)CC2)n1. The molecule has 0 atom stereocenters. The zero-order valence-corrected chi connectivity index (χ0v) is 14.4. The summed E-state index contributed by atoms with van der Waals surface area (Å²) in [4.78, 5) is 31.7. The molecule has 0 unspecified atom stereocenters. The Morgan fingerprint density at radius 3 is 2.62 bits per heavy atom. The predicted octanol–water partition coefficient (Wildman–Crippen LogP) is 1.66. The molecule has 0 radical (unpaired) electrons. The van der Waals surface area contributed by atoms with Gasteiger partial charge in [0.25, 0.3) is 0 Å². The topological polar surface area (TPSA) is 107 Å². The molecular weight excluding hydrogens is 310 g/mol. The van der Waals surface area contributed by atoms with Crippen molar-refractivity contribution in [2.75, 3.05) is 12.0 Å². The first-order chi connectivity index (χ1) is 11.3. The fraction of sp³-hybridized carbons (Fsp3) is 0.625. The molecule has 1 aromatic rings. The van der Waals surface area contributed by atoms with Gasteiger partial charge < -0.3 is 0 Å². The number of hydrogen-bond acceptors (Lipinski definition) is 6. The van der Waals surface area contributed by atoms with Crippen LogP contribution in [0.2, 0.25) is 0 Å². The highest BCUT2D eigenvalue weighted by Gasteiger charge is 2.45. The van der Waals surface area contributed by atoms with E-state index in [1.807, 2.05) is 6.92 Å². The highest BCUT2D eigenvalue weighted by molar-refractivity contribution is 5.84. The van der Waals surface area contributed by atoms with Crippen molar-refractivity contribution < 1.29 is 14.8 Å². The minimum absolute atomic E-state index is 0.0330. The van der Waals surface area contributed by atoms with E-state index < -0.39 is 5.41 Å². The van der Waals surface area contributed by atoms with Crippen LogP contribution in [-0.4, -0.2) is 39.1 Å². The Hall–Kier alpha value is -2.22. The summed E-state index contributed by atoms with van der Waals surface area (Å²) >= 11 is 0. The van der Waals surface area contributed by atoms with Gasteiger partial charge in [-0.1, -0.05) is 13.8 Å². The first kappa shape index (κ1) is 18.1. The molecule has 0 aromatic carbocycles. The summed E-state index contributed by atoms with van der Waals surface area (Å²) in [5.74, 6) is 0.0230. The van der Waals surface area contributed by atoms with Gasteiger partial charge in [-0.3, -0.25) is 25.6 Å². The molecule has 2 amide bonds. The van der Waals surface area contributed by atoms with E-state index >= 15 is 0 Å². The highest BCUT2D eigenvalue weighted by Crippen LogP contribution is 2.45. The van der Waals surface area contributed by atoms with Gasteiger partial charge in [0.05, 0.1) is 12.0 Å². The average Bonchev–Trinajstić information content (AvgIpc) is 2.54. The minimum Gasteiger partial charge on any atom is -0.286 e. The second-order valence-electron chi connectivity index (χ2n) is 7.25. The number of carbonyl (C=O) groups is 2. The maximum atomic E-state index is 12.8. The lowest BCUT2D eigenvalue weighted by Gasteiger charge is -2.42. The van der Waals surface area contributed by atoms with Crippen LogP contribution in [0.1, 0.15) is 45.2 Å². The maximum Gasteiger partial charge on any atom is 0.246 e. The van der Waals surface area contributed by atoms with E-state index in [4.69, 9.17) is 0 Å². The number of aryl methyl sites for hydroxylation is 1. The normalized spacial score (nSPS) is 18.5. The smallest absolute Gasteiger partial charge is 0.246 e. The van der Waals surface area contributed by atoms with Crippen LogP contribution in [-0.2, 0) is 9.59 Å². The van der Waals surface area contributed by atoms with E-state index in [1.54, 1.807) is 12.3 Å². The number of nitrogens with one attached hydrogen (secondary N) is 2. The van der Waals surface area contributed by atoms with Crippen molar-refractivity contribution in [3.05, 3.63) is 18.0 Å². The molecule has 0 spiro atoms. The summed E-state index contributed by atoms with van der Waals surface area (Å²) in [6, 6.07) is 1.76. The number of nitrogens with zero attached hydrogens (tertiary/aromatic N) is 3. The fourth-order valence-corrected chi connectivity index (χ4v) is 2.96. The lowest BCUT2D eigenvalue weighted by Crippen LogP contribution is -2.51. The van der Waals surface area contributed by atoms with Gasteiger partial charge in [-0.15, -0.1) is 0 Å². The van der Waals surface area contributed by atoms with Crippen LogP contribution in [0, 0.1) is 17.8 Å². The van der Waals surface area contributed by atoms with Gasteiger partial charge >= 0.3 is 0 Å². The Labute approximate surface area is 141 Å². The zero-order valence-electron chi connectivity index (χ0n) is 14.4. The Kier molecular flexibility index (Phi) is 5.38. The largest absolute Gasteiger partial charge is 0.286 e. The van der Waals surface area contributed by atoms with Crippen molar-refractivity contribution in [1.29, 1.82) is 0 Å². The van der Waals surface area contributed by atoms with Gasteiger partial charge in [-0.05, 0) is 44.1 Å². The third-order valence-corrected chi connectivity index (χ3v) is 4.71. The van der Waals surface area contributed by atoms with Crippen molar-refractivity contribution >= 4 is 18.3 Å². The van der Waals surface area contributed by atoms with Crippen LogP contribution >= 0.6 is 0 Å². The second kappa shape index (κ2) is 7.12. The molecule has 1 heterocycles. The Bertz CT molecular complexity index is 595. The number of carbonyl (C=O) groups excluding carboxylic acids is 2. The maximum absolute atomic E-state index is 12.8. The lowest BCUT2D eigenvalue weighted by atomic mass is 9.64. The first-order valence-electron chi connectivity index (χ1n) is 8.03. The molecule has 0 saturated heterocycles. The van der Waals surface area contributed by atoms with Crippen LogP contribution in [0.5, 0.6) is 0 Å². The van der Waals surface area contributed by atoms with Crippen molar-refractivity contribution in [3.8, 4) is 0 Å². The average molecular weight is 335 g/mol. The van der Waals surface area contributed by atoms with E-state index in [9.17, 15) is 14.8 Å². The summed E-state index contributed by atoms with van der Waals surface area (Å²) in [7, 11) is 0. The molecular formula is C16H25N5O3. The summed E-state index contributed by atoms with van der Waals surface area (Å²) in [5, 5.41) is 10.2. The van der Waals surface area contributed by atoms with Crippen LogP contribution in [0.4, 0.5) is 5.95 Å². The van der Waals surface area contributed by atoms with Crippen LogP contribution in [0.3, 0.4) is 0 Å². The van der Waals surface area contributed by atoms with Gasteiger partial charge in [-0.2, -0.15) is 0 Å². The Balaban J connectivity index is 2.08. The minimum atomic E-state index is -0.831. The standard InChI is InChI=1S/C16H25N5O3/c1-12-4-9-17-14(18-12)20-19-13(23)16(10-21(24)11-22)7-5-15(2,3)6-8-16/h4,9,11,24H,5-8,10H2,1-3H3,(H,19,23)(H,17,18,20). The van der Waals surface area contributed by atoms with Gasteiger partial charge in [0.2, 0.25) is 18.3 Å². The molecule has 0 bridgehead atoms. The van der Waals surface area contributed by atoms with E-state index in [0.29, 0.717) is 30.3 Å². The van der Waals surface area contributed by atoms with Crippen molar-refractivity contribution in [2.24, 2.45) is 10.8 Å². The number of anilines is 1. The molecule has 1 aliphatic carbocycles. The molecule has 0 aliphatic heterocycles. The van der Waals surface area contributed by atoms with Gasteiger partial charge in [0.15, 0.2) is 0 Å². The lowest BCUT2D eigenvalue weighted by molar-refractivity contribution is -0.164. The summed E-state index contributed by atoms with van der Waals surface area (Å²) in [6.45, 7) is 6.11. The monoisotopic (exact) mass is 335 g/mol. The third kappa shape index (κ3) is 4.41. The highest BCUT2D eigenvalue weighted by atomic mass is 16.5. The molecule has 1 saturated carbocycles. The summed E-state index contributed by atoms with van der Waals surface area (Å²) in [6.07, 6.45) is 4.78. The molecule has 1 aromatic heterocycles. The fourth-order valence-electron chi connectivity index (χ4n) is 2.96. The van der Waals surface area contributed by atoms with Crippen molar-refractivity contribution in [1.82, 2.24) is 20.5 Å². The Morgan fingerprint density at radius 1 is 1.38 bits per heavy atom. The van der Waals surface area contributed by atoms with Crippen LogP contribution < -0.4 is 10.9 Å². The number of hydrogen-bond donors (Lipinski definition) is 3. The van der Waals surface area contributed by atoms with E-state index in [0.717, 1.165) is 18.5 Å². The van der Waals surface area contributed by atoms with Gasteiger partial charge in [0, 0.05) is 11.9 Å². The third-order valence-electron chi connectivity index (χ3n) is 4.71. The van der Waals surface area contributed by atoms with Gasteiger partial charge in [-0.25, -0.2) is 15.0 Å². The summed E-state index contributed by atoms with van der Waals surface area (Å²) < 4.78 is 0. The van der Waals surface area contributed by atoms with E-state index in [1.165, 1.54) is 0 Å². The zero-order chi connectivity index (χ0) is 17.8. The number of hydrazine groups is 1. The summed E-state index contributed by atoms with van der Waals surface area (Å²) in [5.41, 5.74) is 5.43. The molecule has 132 valence electrons. The van der Waals surface area contributed by atoms with Gasteiger partial charge in [0.1, 0.15) is 0 Å². The number of amides is 2. The Morgan fingerprint density at radius 2 is 2.04 bits per heavy atom. The van der Waals surface area contributed by atoms with Crippen molar-refractivity contribution in [2.45, 2.75) is 46.5 Å². The van der Waals surface area contributed by atoms with Crippen molar-refractivity contribution in [3.63, 3.8) is 0 Å². The molecule has 8 nitrogen and oxygen atoms in total. The quantitative estimate of drug-likeness (QED) is 0.415. The van der Waals surface area contributed by atoms with Crippen LogP contribution in [0.15, 0.2) is 12.3 Å². The number of aromatic nitrogens is 2. The van der Waals surface area contributed by atoms with E-state index in [-0.39, 0.29) is 17.9 Å². The second-order valence-corrected chi connectivity index (χ2v) is 7.25. The molecule has 1 fully saturated rings. The predicted molar refractivity (Wildman–Crippen MR) is 87.8 cm³/mol. The van der Waals surface area contributed by atoms with Crippen LogP contribution in [0.25, 0.3) is 0 Å². The molecule has 1 aliphatic rings. The molecule has 2 rings (SSSR count). The molecule has 3 N–H and O–H groups in total. The first-order valence-corrected chi connectivity index (χ1v) is 8.03. The van der Waals surface area contributed by atoms with E-state index in [2.05, 4.69) is 34.7 Å².